The monoisotopic (exact) mass is 472 g/mol. The van der Waals surface area contributed by atoms with Crippen LogP contribution in [-0.2, 0) is 18.5 Å². The number of hydrogen-bond donors (Lipinski definition) is 2. The van der Waals surface area contributed by atoms with Crippen LogP contribution in [0, 0.1) is 6.92 Å². The van der Waals surface area contributed by atoms with Crippen molar-refractivity contribution < 1.29 is 0 Å². The van der Waals surface area contributed by atoms with Gasteiger partial charge in [-0.05, 0) is 19.4 Å². The third-order valence-electron chi connectivity index (χ3n) is 3.57. The molecule has 0 saturated carbocycles. The third-order valence-corrected chi connectivity index (χ3v) is 4.42. The summed E-state index contributed by atoms with van der Waals surface area (Å²) in [5.74, 6) is 0.825. The van der Waals surface area contributed by atoms with Gasteiger partial charge in [0.05, 0.1) is 18.8 Å². The molecule has 0 unspecified atom stereocenters. The van der Waals surface area contributed by atoms with Crippen LogP contribution >= 0.6 is 35.3 Å². The average Bonchev–Trinajstić information content (AvgIpc) is 2.99. The normalized spacial score (nSPS) is 11.8. The van der Waals surface area contributed by atoms with E-state index >= 15 is 0 Å². The third kappa shape index (κ3) is 7.32. The number of guanidine groups is 1. The molecule has 0 aliphatic heterocycles. The fraction of sp³-hybridized carbons (Fsp3) is 0.474. The molecule has 2 rings (SSSR count). The highest BCUT2D eigenvalue weighted by Crippen LogP contribution is 2.23. The Morgan fingerprint density at radius 2 is 2.00 bits per heavy atom. The van der Waals surface area contributed by atoms with E-state index in [0.717, 1.165) is 23.2 Å². The lowest BCUT2D eigenvalue weighted by Gasteiger charge is -2.14. The lowest BCUT2D eigenvalue weighted by molar-refractivity contribution is 0.570. The Morgan fingerprint density at radius 1 is 1.24 bits per heavy atom. The lowest BCUT2D eigenvalue weighted by atomic mass is 9.93. The van der Waals surface area contributed by atoms with Crippen LogP contribution in [0.5, 0.6) is 0 Å². The van der Waals surface area contributed by atoms with Crippen LogP contribution in [0.3, 0.4) is 0 Å². The molecule has 0 bridgehead atoms. The fourth-order valence-electron chi connectivity index (χ4n) is 2.22. The van der Waals surface area contributed by atoms with Crippen LogP contribution in [0.4, 0.5) is 0 Å². The van der Waals surface area contributed by atoms with Crippen LogP contribution in [0.25, 0.3) is 0 Å². The molecule has 25 heavy (non-hydrogen) atoms. The molecule has 1 heterocycles. The second kappa shape index (κ2) is 10.1. The van der Waals surface area contributed by atoms with Gasteiger partial charge in [-0.1, -0.05) is 50.6 Å². The minimum atomic E-state index is 0. The summed E-state index contributed by atoms with van der Waals surface area (Å²) < 4.78 is 0. The van der Waals surface area contributed by atoms with E-state index < -0.39 is 0 Å². The second-order valence-electron chi connectivity index (χ2n) is 6.91. The zero-order valence-corrected chi connectivity index (χ0v) is 18.9. The van der Waals surface area contributed by atoms with Gasteiger partial charge < -0.3 is 10.6 Å². The minimum Gasteiger partial charge on any atom is -0.357 e. The van der Waals surface area contributed by atoms with Gasteiger partial charge in [0, 0.05) is 17.3 Å². The van der Waals surface area contributed by atoms with E-state index in [1.165, 1.54) is 11.1 Å². The van der Waals surface area contributed by atoms with Crippen LogP contribution < -0.4 is 10.6 Å². The SMILES string of the molecule is CCNC(=NCc1cccc(C)c1)NCc1nc(C(C)(C)C)cs1.I. The van der Waals surface area contributed by atoms with E-state index in [9.17, 15) is 0 Å². The molecule has 1 aromatic heterocycles. The minimum absolute atomic E-state index is 0. The van der Waals surface area contributed by atoms with Crippen molar-refractivity contribution in [1.29, 1.82) is 0 Å². The van der Waals surface area contributed by atoms with Gasteiger partial charge in [0.1, 0.15) is 5.01 Å². The van der Waals surface area contributed by atoms with E-state index in [-0.39, 0.29) is 29.4 Å². The standard InChI is InChI=1S/C19H28N4S.HI/c1-6-20-18(21-11-15-9-7-8-14(2)10-15)22-12-17-23-16(13-24-17)19(3,4)5;/h7-10,13H,6,11-12H2,1-5H3,(H2,20,21,22);1H. The van der Waals surface area contributed by atoms with Gasteiger partial charge in [-0.15, -0.1) is 35.3 Å². The molecule has 0 fully saturated rings. The first-order valence-corrected chi connectivity index (χ1v) is 9.29. The highest BCUT2D eigenvalue weighted by atomic mass is 127. The summed E-state index contributed by atoms with van der Waals surface area (Å²) in [7, 11) is 0. The topological polar surface area (TPSA) is 49.3 Å². The average molecular weight is 472 g/mol. The van der Waals surface area contributed by atoms with Crippen LogP contribution in [0.2, 0.25) is 0 Å². The summed E-state index contributed by atoms with van der Waals surface area (Å²) in [6.45, 7) is 12.9. The summed E-state index contributed by atoms with van der Waals surface area (Å²) in [4.78, 5) is 9.38. The summed E-state index contributed by atoms with van der Waals surface area (Å²) in [6, 6.07) is 8.45. The highest BCUT2D eigenvalue weighted by molar-refractivity contribution is 14.0. The number of thiazole rings is 1. The van der Waals surface area contributed by atoms with Crippen molar-refractivity contribution in [2.45, 2.75) is 53.1 Å². The molecule has 0 aliphatic rings. The van der Waals surface area contributed by atoms with Crippen molar-refractivity contribution in [1.82, 2.24) is 15.6 Å². The summed E-state index contributed by atoms with van der Waals surface area (Å²) >= 11 is 1.70. The van der Waals surface area contributed by atoms with E-state index in [2.05, 4.69) is 79.9 Å². The molecule has 2 aromatic rings. The number of nitrogens with one attached hydrogen (secondary N) is 2. The van der Waals surface area contributed by atoms with Crippen LogP contribution in [-0.4, -0.2) is 17.5 Å². The molecule has 0 atom stereocenters. The molecule has 6 heteroatoms. The molecule has 0 aliphatic carbocycles. The molecule has 4 nitrogen and oxygen atoms in total. The van der Waals surface area contributed by atoms with Crippen LogP contribution in [0.15, 0.2) is 34.6 Å². The molecule has 2 N–H and O–H groups in total. The van der Waals surface area contributed by atoms with Gasteiger partial charge in [-0.3, -0.25) is 0 Å². The lowest BCUT2D eigenvalue weighted by Crippen LogP contribution is -2.36. The number of aliphatic imine (C=N–C) groups is 1. The molecule has 0 radical (unpaired) electrons. The molecule has 0 saturated heterocycles. The van der Waals surface area contributed by atoms with Crippen LogP contribution in [0.1, 0.15) is 49.5 Å². The zero-order chi connectivity index (χ0) is 17.6. The first-order chi connectivity index (χ1) is 11.4. The molecular weight excluding hydrogens is 443 g/mol. The summed E-state index contributed by atoms with van der Waals surface area (Å²) in [5.41, 5.74) is 3.72. The molecule has 138 valence electrons. The van der Waals surface area contributed by atoms with Crippen molar-refractivity contribution in [2.75, 3.05) is 6.54 Å². The van der Waals surface area contributed by atoms with Gasteiger partial charge >= 0.3 is 0 Å². The molecule has 0 amide bonds. The maximum Gasteiger partial charge on any atom is 0.191 e. The summed E-state index contributed by atoms with van der Waals surface area (Å²) in [5, 5.41) is 9.89. The van der Waals surface area contributed by atoms with E-state index in [4.69, 9.17) is 4.98 Å². The maximum absolute atomic E-state index is 4.72. The predicted molar refractivity (Wildman–Crippen MR) is 119 cm³/mol. The summed E-state index contributed by atoms with van der Waals surface area (Å²) in [6.07, 6.45) is 0. The largest absolute Gasteiger partial charge is 0.357 e. The predicted octanol–water partition coefficient (Wildman–Crippen LogP) is 4.62. The molecule has 1 aromatic carbocycles. The van der Waals surface area contributed by atoms with Gasteiger partial charge in [0.25, 0.3) is 0 Å². The number of benzene rings is 1. The Kier molecular flexibility index (Phi) is 8.85. The van der Waals surface area contributed by atoms with E-state index in [1.54, 1.807) is 11.3 Å². The number of aryl methyl sites for hydroxylation is 1. The number of hydrogen-bond acceptors (Lipinski definition) is 3. The Bertz CT molecular complexity index is 689. The molecular formula is C19H29IN4S. The maximum atomic E-state index is 4.72. The van der Waals surface area contributed by atoms with Crippen molar-refractivity contribution in [2.24, 2.45) is 4.99 Å². The number of aromatic nitrogens is 1. The number of halogens is 1. The van der Waals surface area contributed by atoms with E-state index in [1.807, 2.05) is 0 Å². The number of rotatable bonds is 5. The van der Waals surface area contributed by atoms with Crippen molar-refractivity contribution >= 4 is 41.3 Å². The first kappa shape index (κ1) is 21.9. The Labute approximate surface area is 172 Å². The Morgan fingerprint density at radius 3 is 2.60 bits per heavy atom. The smallest absolute Gasteiger partial charge is 0.191 e. The van der Waals surface area contributed by atoms with Gasteiger partial charge in [0.2, 0.25) is 0 Å². The Hall–Kier alpha value is -1.15. The highest BCUT2D eigenvalue weighted by Gasteiger charge is 2.17. The first-order valence-electron chi connectivity index (χ1n) is 8.41. The Balaban J connectivity index is 0.00000312. The van der Waals surface area contributed by atoms with E-state index in [0.29, 0.717) is 13.1 Å². The van der Waals surface area contributed by atoms with Gasteiger partial charge in [-0.2, -0.15) is 0 Å². The van der Waals surface area contributed by atoms with Crippen molar-refractivity contribution in [3.8, 4) is 0 Å². The van der Waals surface area contributed by atoms with Gasteiger partial charge in [-0.25, -0.2) is 9.98 Å². The quantitative estimate of drug-likeness (QED) is 0.379. The second-order valence-corrected chi connectivity index (χ2v) is 7.86. The number of nitrogens with zero attached hydrogens (tertiary/aromatic N) is 2. The van der Waals surface area contributed by atoms with Crippen molar-refractivity contribution in [3.63, 3.8) is 0 Å². The fourth-order valence-corrected chi connectivity index (χ4v) is 3.18. The zero-order valence-electron chi connectivity index (χ0n) is 15.7. The molecule has 0 spiro atoms. The van der Waals surface area contributed by atoms with Gasteiger partial charge in [0.15, 0.2) is 5.96 Å². The van der Waals surface area contributed by atoms with Crippen molar-refractivity contribution in [3.05, 3.63) is 51.5 Å².